The lowest BCUT2D eigenvalue weighted by atomic mass is 9.67. The summed E-state index contributed by atoms with van der Waals surface area (Å²) in [6.45, 7) is 4.24. The Labute approximate surface area is 143 Å². The number of nitrogens with one attached hydrogen (secondary N) is 1. The molecular weight excluding hydrogens is 316 g/mol. The number of halogens is 1. The Morgan fingerprint density at radius 2 is 2.00 bits per heavy atom. The van der Waals surface area contributed by atoms with Crippen molar-refractivity contribution in [2.24, 2.45) is 17.6 Å². The fraction of sp³-hybridized carbons (Fsp3) is 0.706. The van der Waals surface area contributed by atoms with Crippen molar-refractivity contribution in [1.29, 1.82) is 0 Å². The molecule has 3 N–H and O–H groups in total. The van der Waals surface area contributed by atoms with Crippen LogP contribution in [0.1, 0.15) is 59.1 Å². The first kappa shape index (κ1) is 17.8. The second kappa shape index (κ2) is 7.33. The molecule has 1 aromatic rings. The molecule has 3 nitrogen and oxygen atoms in total. The first-order chi connectivity index (χ1) is 10.1. The molecule has 0 radical (unpaired) electrons. The molecule has 2 aliphatic carbocycles. The Bertz CT molecular complexity index is 517. The number of amides is 1. The van der Waals surface area contributed by atoms with E-state index in [2.05, 4.69) is 19.2 Å². The zero-order valence-corrected chi connectivity index (χ0v) is 15.1. The average molecular weight is 343 g/mol. The van der Waals surface area contributed by atoms with E-state index < -0.39 is 0 Å². The smallest absolute Gasteiger partial charge is 0.261 e. The molecule has 124 valence electrons. The molecule has 0 spiro atoms. The molecule has 2 bridgehead atoms. The van der Waals surface area contributed by atoms with Crippen LogP contribution in [-0.4, -0.2) is 18.0 Å². The van der Waals surface area contributed by atoms with Crippen LogP contribution in [-0.2, 0) is 6.42 Å². The molecule has 2 aliphatic rings. The van der Waals surface area contributed by atoms with Crippen molar-refractivity contribution >= 4 is 29.7 Å². The highest BCUT2D eigenvalue weighted by atomic mass is 35.5. The predicted molar refractivity (Wildman–Crippen MR) is 95.0 cm³/mol. The van der Waals surface area contributed by atoms with E-state index in [4.69, 9.17) is 5.73 Å². The molecule has 0 aliphatic heterocycles. The van der Waals surface area contributed by atoms with E-state index in [1.54, 1.807) is 11.3 Å². The van der Waals surface area contributed by atoms with Gasteiger partial charge < -0.3 is 11.1 Å². The minimum absolute atomic E-state index is 0. The normalized spacial score (nSPS) is 30.5. The number of carbonyl (C=O) groups is 1. The summed E-state index contributed by atoms with van der Waals surface area (Å²) in [5.41, 5.74) is 7.41. The van der Waals surface area contributed by atoms with Gasteiger partial charge in [-0.25, -0.2) is 0 Å². The second-order valence-electron chi connectivity index (χ2n) is 6.75. The third-order valence-corrected chi connectivity index (χ3v) is 6.62. The van der Waals surface area contributed by atoms with Gasteiger partial charge in [0.25, 0.3) is 5.91 Å². The minimum atomic E-state index is 0. The van der Waals surface area contributed by atoms with E-state index in [-0.39, 0.29) is 18.3 Å². The van der Waals surface area contributed by atoms with Gasteiger partial charge in [0.2, 0.25) is 0 Å². The summed E-state index contributed by atoms with van der Waals surface area (Å²) in [6.07, 6.45) is 6.90. The summed E-state index contributed by atoms with van der Waals surface area (Å²) >= 11 is 1.65. The van der Waals surface area contributed by atoms with Gasteiger partial charge in [0.05, 0.1) is 4.88 Å². The molecule has 2 saturated carbocycles. The first-order valence-corrected chi connectivity index (χ1v) is 9.06. The Balaban J connectivity index is 0.00000176. The average Bonchev–Trinajstić information content (AvgIpc) is 2.81. The predicted octanol–water partition coefficient (Wildman–Crippen LogP) is 3.68. The Kier molecular flexibility index (Phi) is 5.92. The Morgan fingerprint density at radius 3 is 2.55 bits per heavy atom. The van der Waals surface area contributed by atoms with E-state index in [0.29, 0.717) is 23.9 Å². The molecule has 2 fully saturated rings. The van der Waals surface area contributed by atoms with Crippen LogP contribution in [0.15, 0.2) is 6.07 Å². The monoisotopic (exact) mass is 342 g/mol. The molecule has 0 aromatic carbocycles. The van der Waals surface area contributed by atoms with Crippen molar-refractivity contribution in [3.63, 3.8) is 0 Å². The van der Waals surface area contributed by atoms with E-state index in [0.717, 1.165) is 24.1 Å². The Morgan fingerprint density at radius 1 is 1.36 bits per heavy atom. The number of carbonyl (C=O) groups excluding carboxylic acids is 1. The van der Waals surface area contributed by atoms with Crippen molar-refractivity contribution in [1.82, 2.24) is 5.32 Å². The van der Waals surface area contributed by atoms with Crippen LogP contribution in [0, 0.1) is 18.8 Å². The number of fused-ring (bicyclic) bond motifs is 2. The molecule has 1 aromatic heterocycles. The number of nitrogens with two attached hydrogens (primary N) is 1. The van der Waals surface area contributed by atoms with Gasteiger partial charge in [-0.2, -0.15) is 0 Å². The topological polar surface area (TPSA) is 55.1 Å². The summed E-state index contributed by atoms with van der Waals surface area (Å²) in [7, 11) is 0. The van der Waals surface area contributed by atoms with Crippen LogP contribution in [0.5, 0.6) is 0 Å². The van der Waals surface area contributed by atoms with Crippen LogP contribution in [0.4, 0.5) is 0 Å². The van der Waals surface area contributed by atoms with Gasteiger partial charge in [-0.15, -0.1) is 23.7 Å². The summed E-state index contributed by atoms with van der Waals surface area (Å²) in [5.74, 6) is 1.30. The van der Waals surface area contributed by atoms with Crippen LogP contribution < -0.4 is 11.1 Å². The Hall–Kier alpha value is -0.580. The van der Waals surface area contributed by atoms with Gasteiger partial charge in [0.15, 0.2) is 0 Å². The lowest BCUT2D eigenvalue weighted by molar-refractivity contribution is 0.0759. The van der Waals surface area contributed by atoms with Crippen molar-refractivity contribution < 1.29 is 4.79 Å². The van der Waals surface area contributed by atoms with Gasteiger partial charge in [-0.05, 0) is 62.5 Å². The van der Waals surface area contributed by atoms with Gasteiger partial charge in [0, 0.05) is 17.0 Å². The highest BCUT2D eigenvalue weighted by Crippen LogP contribution is 2.40. The van der Waals surface area contributed by atoms with E-state index in [1.165, 1.54) is 29.7 Å². The molecular formula is C17H27ClN2OS. The molecule has 2 atom stereocenters. The molecule has 22 heavy (non-hydrogen) atoms. The highest BCUT2D eigenvalue weighted by molar-refractivity contribution is 7.14. The van der Waals surface area contributed by atoms with Crippen LogP contribution >= 0.6 is 23.7 Å². The van der Waals surface area contributed by atoms with Gasteiger partial charge >= 0.3 is 0 Å². The summed E-state index contributed by atoms with van der Waals surface area (Å²) in [6, 6.07) is 2.73. The molecule has 3 rings (SSSR count). The number of aryl methyl sites for hydroxylation is 2. The SMILES string of the molecule is CCc1sc(C(=O)NC2C3CCCC2CC(N)C3)cc1C.Cl. The molecule has 0 saturated heterocycles. The first-order valence-electron chi connectivity index (χ1n) is 8.24. The quantitative estimate of drug-likeness (QED) is 0.880. The third kappa shape index (κ3) is 3.50. The summed E-state index contributed by atoms with van der Waals surface area (Å²) in [5, 5.41) is 3.34. The fourth-order valence-corrected chi connectivity index (χ4v) is 5.25. The fourth-order valence-electron chi connectivity index (χ4n) is 4.23. The van der Waals surface area contributed by atoms with E-state index in [1.807, 2.05) is 6.07 Å². The molecule has 1 amide bonds. The number of rotatable bonds is 3. The standard InChI is InChI=1S/C17H26N2OS.ClH/c1-3-14-10(2)7-15(21-14)17(20)19-16-11-5-4-6-12(16)9-13(18)8-11;/h7,11-13,16H,3-6,8-9,18H2,1-2H3,(H,19,20);1H. The zero-order valence-electron chi connectivity index (χ0n) is 13.4. The van der Waals surface area contributed by atoms with Crippen molar-refractivity contribution in [2.75, 3.05) is 0 Å². The lowest BCUT2D eigenvalue weighted by Crippen LogP contribution is -2.53. The number of thiophene rings is 1. The van der Waals surface area contributed by atoms with Gasteiger partial charge in [0.1, 0.15) is 0 Å². The van der Waals surface area contributed by atoms with Gasteiger partial charge in [-0.1, -0.05) is 13.3 Å². The largest absolute Gasteiger partial charge is 0.348 e. The van der Waals surface area contributed by atoms with E-state index >= 15 is 0 Å². The van der Waals surface area contributed by atoms with Gasteiger partial charge in [-0.3, -0.25) is 4.79 Å². The van der Waals surface area contributed by atoms with E-state index in [9.17, 15) is 4.79 Å². The molecule has 1 heterocycles. The third-order valence-electron chi connectivity index (χ3n) is 5.24. The highest BCUT2D eigenvalue weighted by Gasteiger charge is 2.40. The maximum Gasteiger partial charge on any atom is 0.261 e. The minimum Gasteiger partial charge on any atom is -0.348 e. The van der Waals surface area contributed by atoms with Crippen molar-refractivity contribution in [2.45, 2.75) is 64.5 Å². The van der Waals surface area contributed by atoms with Crippen molar-refractivity contribution in [3.05, 3.63) is 21.4 Å². The second-order valence-corrected chi connectivity index (χ2v) is 7.89. The summed E-state index contributed by atoms with van der Waals surface area (Å²) < 4.78 is 0. The van der Waals surface area contributed by atoms with Crippen molar-refractivity contribution in [3.8, 4) is 0 Å². The van der Waals surface area contributed by atoms with Crippen LogP contribution in [0.25, 0.3) is 0 Å². The lowest BCUT2D eigenvalue weighted by Gasteiger charge is -2.45. The number of hydrogen-bond donors (Lipinski definition) is 2. The summed E-state index contributed by atoms with van der Waals surface area (Å²) in [4.78, 5) is 14.8. The van der Waals surface area contributed by atoms with Crippen LogP contribution in [0.3, 0.4) is 0 Å². The number of hydrogen-bond acceptors (Lipinski definition) is 3. The zero-order chi connectivity index (χ0) is 15.0. The maximum absolute atomic E-state index is 12.6. The maximum atomic E-state index is 12.6. The molecule has 5 heteroatoms. The van der Waals surface area contributed by atoms with Crippen LogP contribution in [0.2, 0.25) is 0 Å². The molecule has 2 unspecified atom stereocenters.